The molecule has 3 N–H and O–H groups in total. The van der Waals surface area contributed by atoms with Gasteiger partial charge in [0.25, 0.3) is 0 Å². The zero-order valence-corrected chi connectivity index (χ0v) is 15.4. The Morgan fingerprint density at radius 1 is 1.29 bits per heavy atom. The van der Waals surface area contributed by atoms with Gasteiger partial charge >= 0.3 is 0 Å². The van der Waals surface area contributed by atoms with E-state index in [4.69, 9.17) is 17.3 Å². The number of halogens is 2. The van der Waals surface area contributed by atoms with Gasteiger partial charge in [0.2, 0.25) is 0 Å². The molecule has 0 aromatic heterocycles. The minimum absolute atomic E-state index is 0.306. The third-order valence-corrected chi connectivity index (χ3v) is 6.25. The lowest BCUT2D eigenvalue weighted by Crippen LogP contribution is -2.51. The average molecular weight is 375 g/mol. The SMILES string of the molecule is CC1(C)CCC(CN)(C(C)(O)c2ccc(Br)cc2Cl)CC1. The summed E-state index contributed by atoms with van der Waals surface area (Å²) in [5.74, 6) is 0. The smallest absolute Gasteiger partial charge is 0.0950 e. The van der Waals surface area contributed by atoms with Crippen molar-refractivity contribution < 1.29 is 5.11 Å². The maximum absolute atomic E-state index is 11.3. The molecule has 1 saturated carbocycles. The first kappa shape index (κ1) is 17.3. The lowest BCUT2D eigenvalue weighted by Gasteiger charge is -2.51. The zero-order chi connectivity index (χ0) is 15.9. The van der Waals surface area contributed by atoms with Crippen LogP contribution in [-0.4, -0.2) is 11.7 Å². The third kappa shape index (κ3) is 3.17. The van der Waals surface area contributed by atoms with E-state index in [-0.39, 0.29) is 5.41 Å². The van der Waals surface area contributed by atoms with E-state index >= 15 is 0 Å². The number of hydrogen-bond acceptors (Lipinski definition) is 2. The van der Waals surface area contributed by atoms with Gasteiger partial charge in [-0.2, -0.15) is 0 Å². The van der Waals surface area contributed by atoms with Crippen molar-refractivity contribution in [2.24, 2.45) is 16.6 Å². The van der Waals surface area contributed by atoms with E-state index in [2.05, 4.69) is 29.8 Å². The standard InChI is InChI=1S/C17H25BrClNO/c1-15(2)6-8-17(11-20,9-7-15)16(3,21)13-5-4-12(18)10-14(13)19/h4-5,10,21H,6-9,11,20H2,1-3H3. The predicted octanol–water partition coefficient (Wildman–Crippen LogP) is 4.86. The van der Waals surface area contributed by atoms with Gasteiger partial charge in [0.05, 0.1) is 5.60 Å². The van der Waals surface area contributed by atoms with Crippen LogP contribution in [0.1, 0.15) is 52.0 Å². The first-order chi connectivity index (χ1) is 9.63. The predicted molar refractivity (Wildman–Crippen MR) is 92.5 cm³/mol. The van der Waals surface area contributed by atoms with E-state index in [1.54, 1.807) is 0 Å². The summed E-state index contributed by atoms with van der Waals surface area (Å²) < 4.78 is 0.915. The fourth-order valence-corrected chi connectivity index (χ4v) is 4.32. The molecule has 2 nitrogen and oxygen atoms in total. The monoisotopic (exact) mass is 373 g/mol. The fourth-order valence-electron chi connectivity index (χ4n) is 3.46. The van der Waals surface area contributed by atoms with Gasteiger partial charge in [0.15, 0.2) is 0 Å². The molecule has 1 aliphatic rings. The molecular formula is C17H25BrClNO. The summed E-state index contributed by atoms with van der Waals surface area (Å²) in [6, 6.07) is 5.67. The number of nitrogens with two attached hydrogens (primary N) is 1. The highest BCUT2D eigenvalue weighted by atomic mass is 79.9. The Hall–Kier alpha value is -0.0900. The first-order valence-electron chi connectivity index (χ1n) is 7.52. The molecule has 1 fully saturated rings. The largest absolute Gasteiger partial charge is 0.385 e. The Morgan fingerprint density at radius 2 is 1.86 bits per heavy atom. The number of hydrogen-bond donors (Lipinski definition) is 2. The summed E-state index contributed by atoms with van der Waals surface area (Å²) in [5.41, 5.74) is 5.90. The van der Waals surface area contributed by atoms with Gasteiger partial charge in [0, 0.05) is 27.0 Å². The van der Waals surface area contributed by atoms with E-state index in [9.17, 15) is 5.11 Å². The highest BCUT2D eigenvalue weighted by Gasteiger charge is 2.50. The Balaban J connectivity index is 2.40. The molecule has 2 rings (SSSR count). The van der Waals surface area contributed by atoms with Crippen molar-refractivity contribution in [3.05, 3.63) is 33.3 Å². The second-order valence-corrected chi connectivity index (χ2v) is 8.67. The molecule has 1 aromatic carbocycles. The van der Waals surface area contributed by atoms with Crippen LogP contribution in [0.4, 0.5) is 0 Å². The summed E-state index contributed by atoms with van der Waals surface area (Å²) in [7, 11) is 0. The maximum atomic E-state index is 11.3. The van der Waals surface area contributed by atoms with Gasteiger partial charge < -0.3 is 10.8 Å². The molecule has 1 atom stereocenters. The molecule has 0 aliphatic heterocycles. The van der Waals surface area contributed by atoms with Crippen LogP contribution in [0.2, 0.25) is 5.02 Å². The summed E-state index contributed by atoms with van der Waals surface area (Å²) in [6.07, 6.45) is 4.01. The molecule has 21 heavy (non-hydrogen) atoms. The second kappa shape index (κ2) is 5.84. The molecule has 0 amide bonds. The minimum atomic E-state index is -1.02. The van der Waals surface area contributed by atoms with Gasteiger partial charge in [-0.05, 0) is 50.2 Å². The van der Waals surface area contributed by atoms with Gasteiger partial charge in [0.1, 0.15) is 0 Å². The normalized spacial score (nSPS) is 23.6. The molecule has 0 spiro atoms. The van der Waals surface area contributed by atoms with Gasteiger partial charge in [-0.25, -0.2) is 0 Å². The van der Waals surface area contributed by atoms with Gasteiger partial charge in [-0.3, -0.25) is 0 Å². The number of benzene rings is 1. The van der Waals surface area contributed by atoms with Crippen molar-refractivity contribution in [2.75, 3.05) is 6.54 Å². The zero-order valence-electron chi connectivity index (χ0n) is 13.0. The Bertz CT molecular complexity index is 518. The molecule has 1 unspecified atom stereocenters. The molecule has 0 saturated heterocycles. The molecule has 1 aromatic rings. The third-order valence-electron chi connectivity index (χ3n) is 5.44. The van der Waals surface area contributed by atoms with E-state index in [1.165, 1.54) is 0 Å². The maximum Gasteiger partial charge on any atom is 0.0950 e. The first-order valence-corrected chi connectivity index (χ1v) is 8.69. The van der Waals surface area contributed by atoms with Crippen LogP contribution in [0.5, 0.6) is 0 Å². The lowest BCUT2D eigenvalue weighted by molar-refractivity contribution is -0.105. The molecule has 118 valence electrons. The molecule has 4 heteroatoms. The quantitative estimate of drug-likeness (QED) is 0.794. The van der Waals surface area contributed by atoms with Crippen molar-refractivity contribution in [3.63, 3.8) is 0 Å². The van der Waals surface area contributed by atoms with Crippen LogP contribution in [0.25, 0.3) is 0 Å². The highest BCUT2D eigenvalue weighted by Crippen LogP contribution is 2.54. The minimum Gasteiger partial charge on any atom is -0.385 e. The van der Waals surface area contributed by atoms with Crippen LogP contribution in [-0.2, 0) is 5.60 Å². The van der Waals surface area contributed by atoms with Gasteiger partial charge in [-0.15, -0.1) is 0 Å². The number of rotatable bonds is 3. The van der Waals surface area contributed by atoms with Crippen molar-refractivity contribution in [2.45, 2.75) is 52.1 Å². The van der Waals surface area contributed by atoms with Crippen molar-refractivity contribution in [1.82, 2.24) is 0 Å². The molecule has 0 heterocycles. The average Bonchev–Trinajstić information content (AvgIpc) is 2.38. The van der Waals surface area contributed by atoms with E-state index in [1.807, 2.05) is 25.1 Å². The molecular weight excluding hydrogens is 350 g/mol. The fraction of sp³-hybridized carbons (Fsp3) is 0.647. The van der Waals surface area contributed by atoms with E-state index < -0.39 is 5.60 Å². The topological polar surface area (TPSA) is 46.2 Å². The summed E-state index contributed by atoms with van der Waals surface area (Å²) in [5, 5.41) is 11.9. The molecule has 1 aliphatic carbocycles. The van der Waals surface area contributed by atoms with E-state index in [0.29, 0.717) is 17.0 Å². The molecule has 0 radical (unpaired) electrons. The Kier molecular flexibility index (Phi) is 4.80. The second-order valence-electron chi connectivity index (χ2n) is 7.35. The van der Waals surface area contributed by atoms with Crippen LogP contribution in [0, 0.1) is 10.8 Å². The van der Waals surface area contributed by atoms with Crippen molar-refractivity contribution in [3.8, 4) is 0 Å². The van der Waals surface area contributed by atoms with Crippen LogP contribution < -0.4 is 5.73 Å². The lowest BCUT2D eigenvalue weighted by atomic mass is 9.57. The van der Waals surface area contributed by atoms with Crippen molar-refractivity contribution >= 4 is 27.5 Å². The molecule has 0 bridgehead atoms. The Labute approximate surface area is 141 Å². The number of aliphatic hydroxyl groups is 1. The van der Waals surface area contributed by atoms with Crippen molar-refractivity contribution in [1.29, 1.82) is 0 Å². The van der Waals surface area contributed by atoms with Crippen LogP contribution >= 0.6 is 27.5 Å². The van der Waals surface area contributed by atoms with Crippen LogP contribution in [0.15, 0.2) is 22.7 Å². The Morgan fingerprint density at radius 3 is 2.33 bits per heavy atom. The summed E-state index contributed by atoms with van der Waals surface area (Å²) in [4.78, 5) is 0. The van der Waals surface area contributed by atoms with Crippen LogP contribution in [0.3, 0.4) is 0 Å². The highest BCUT2D eigenvalue weighted by molar-refractivity contribution is 9.10. The van der Waals surface area contributed by atoms with E-state index in [0.717, 1.165) is 35.7 Å². The van der Waals surface area contributed by atoms with Gasteiger partial charge in [-0.1, -0.05) is 47.4 Å². The summed E-state index contributed by atoms with van der Waals surface area (Å²) >= 11 is 9.79. The summed E-state index contributed by atoms with van der Waals surface area (Å²) in [6.45, 7) is 6.92.